The molecule has 2 aromatic rings. The first-order valence-electron chi connectivity index (χ1n) is 11.7. The monoisotopic (exact) mass is 438 g/mol. The summed E-state index contributed by atoms with van der Waals surface area (Å²) in [5.41, 5.74) is 1.16. The number of unbranched alkanes of at least 4 members (excludes halogenated alkanes) is 2. The van der Waals surface area contributed by atoms with E-state index in [1.807, 2.05) is 48.5 Å². The van der Waals surface area contributed by atoms with Gasteiger partial charge in [-0.3, -0.25) is 9.59 Å². The van der Waals surface area contributed by atoms with Crippen LogP contribution in [0.15, 0.2) is 48.5 Å². The zero-order valence-electron chi connectivity index (χ0n) is 19.2. The lowest BCUT2D eigenvalue weighted by molar-refractivity contribution is 0.0530. The van der Waals surface area contributed by atoms with Crippen molar-refractivity contribution in [1.82, 2.24) is 9.80 Å². The highest BCUT2D eigenvalue weighted by atomic mass is 16.5. The number of nitrogens with zero attached hydrogens (tertiary/aromatic N) is 2. The van der Waals surface area contributed by atoms with Crippen LogP contribution in [0.5, 0.6) is 11.5 Å². The Morgan fingerprint density at radius 2 is 1.06 bits per heavy atom. The summed E-state index contributed by atoms with van der Waals surface area (Å²) in [6, 6.07) is 14.8. The van der Waals surface area contributed by atoms with Gasteiger partial charge in [-0.1, -0.05) is 51.0 Å². The number of carbonyl (C=O) groups is 2. The van der Waals surface area contributed by atoms with Gasteiger partial charge in [-0.2, -0.15) is 0 Å². The van der Waals surface area contributed by atoms with Crippen molar-refractivity contribution in [3.8, 4) is 11.5 Å². The summed E-state index contributed by atoms with van der Waals surface area (Å²) in [6.45, 7) is 7.39. The largest absolute Gasteiger partial charge is 0.493 e. The average molecular weight is 439 g/mol. The van der Waals surface area contributed by atoms with Crippen LogP contribution in [0.4, 0.5) is 0 Å². The molecule has 0 radical (unpaired) electrons. The van der Waals surface area contributed by atoms with Gasteiger partial charge in [-0.25, -0.2) is 0 Å². The minimum Gasteiger partial charge on any atom is -0.493 e. The van der Waals surface area contributed by atoms with E-state index in [2.05, 4.69) is 13.8 Å². The molecule has 0 aliphatic carbocycles. The molecular weight excluding hydrogens is 404 g/mol. The van der Waals surface area contributed by atoms with E-state index < -0.39 is 0 Å². The first-order valence-corrected chi connectivity index (χ1v) is 11.7. The highest BCUT2D eigenvalue weighted by molar-refractivity contribution is 5.98. The molecule has 6 heteroatoms. The number of amides is 2. The second-order valence-corrected chi connectivity index (χ2v) is 7.98. The van der Waals surface area contributed by atoms with Crippen molar-refractivity contribution in [1.29, 1.82) is 0 Å². The van der Waals surface area contributed by atoms with Gasteiger partial charge < -0.3 is 19.3 Å². The standard InChI is InChI=1S/C26H34N2O4/c1-3-5-19-31-23-13-9-7-11-21(23)25(29)27-15-17-28(18-16-27)26(30)22-12-8-10-14-24(22)32-20-6-4-2/h7-14H,3-6,15-20H2,1-2H3. The highest BCUT2D eigenvalue weighted by Crippen LogP contribution is 2.23. The van der Waals surface area contributed by atoms with Crippen molar-refractivity contribution in [2.45, 2.75) is 39.5 Å². The molecule has 0 N–H and O–H groups in total. The molecule has 0 spiro atoms. The molecule has 0 atom stereocenters. The third-order valence-electron chi connectivity index (χ3n) is 5.60. The van der Waals surface area contributed by atoms with Crippen LogP contribution in [0.25, 0.3) is 0 Å². The van der Waals surface area contributed by atoms with Crippen molar-refractivity contribution in [2.75, 3.05) is 39.4 Å². The number of hydrogen-bond acceptors (Lipinski definition) is 4. The van der Waals surface area contributed by atoms with Crippen molar-refractivity contribution in [2.24, 2.45) is 0 Å². The van der Waals surface area contributed by atoms with E-state index >= 15 is 0 Å². The van der Waals surface area contributed by atoms with Crippen LogP contribution in [0.1, 0.15) is 60.2 Å². The predicted molar refractivity (Wildman–Crippen MR) is 125 cm³/mol. The van der Waals surface area contributed by atoms with E-state index in [4.69, 9.17) is 9.47 Å². The van der Waals surface area contributed by atoms with E-state index in [-0.39, 0.29) is 11.8 Å². The number of benzene rings is 2. The Hall–Kier alpha value is -3.02. The third-order valence-corrected chi connectivity index (χ3v) is 5.60. The Balaban J connectivity index is 1.61. The molecule has 2 amide bonds. The minimum absolute atomic E-state index is 0.0486. The van der Waals surface area contributed by atoms with Crippen LogP contribution in [0.2, 0.25) is 0 Å². The number of hydrogen-bond donors (Lipinski definition) is 0. The Morgan fingerprint density at radius 1 is 0.688 bits per heavy atom. The number of ether oxygens (including phenoxy) is 2. The number of piperazine rings is 1. The molecule has 172 valence electrons. The van der Waals surface area contributed by atoms with E-state index in [1.54, 1.807) is 9.80 Å². The molecule has 2 aromatic carbocycles. The summed E-state index contributed by atoms with van der Waals surface area (Å²) in [7, 11) is 0. The second kappa shape index (κ2) is 12.1. The molecule has 1 saturated heterocycles. The van der Waals surface area contributed by atoms with E-state index in [9.17, 15) is 9.59 Å². The van der Waals surface area contributed by atoms with Gasteiger partial charge in [-0.05, 0) is 37.1 Å². The molecule has 3 rings (SSSR count). The highest BCUT2D eigenvalue weighted by Gasteiger charge is 2.28. The predicted octanol–water partition coefficient (Wildman–Crippen LogP) is 4.64. The van der Waals surface area contributed by atoms with Crippen LogP contribution >= 0.6 is 0 Å². The van der Waals surface area contributed by atoms with Crippen molar-refractivity contribution in [3.05, 3.63) is 59.7 Å². The maximum absolute atomic E-state index is 13.1. The molecule has 0 aromatic heterocycles. The summed E-state index contributed by atoms with van der Waals surface area (Å²) in [5.74, 6) is 1.16. The molecule has 1 heterocycles. The lowest BCUT2D eigenvalue weighted by atomic mass is 10.1. The van der Waals surface area contributed by atoms with Crippen LogP contribution in [0.3, 0.4) is 0 Å². The van der Waals surface area contributed by atoms with Gasteiger partial charge in [0.1, 0.15) is 11.5 Å². The molecule has 1 aliphatic rings. The van der Waals surface area contributed by atoms with Gasteiger partial charge in [0.2, 0.25) is 0 Å². The van der Waals surface area contributed by atoms with Crippen LogP contribution in [-0.2, 0) is 0 Å². The number of rotatable bonds is 10. The number of carbonyl (C=O) groups excluding carboxylic acids is 2. The fourth-order valence-electron chi connectivity index (χ4n) is 3.64. The molecule has 1 aliphatic heterocycles. The van der Waals surface area contributed by atoms with Crippen LogP contribution in [0, 0.1) is 0 Å². The fraction of sp³-hybridized carbons (Fsp3) is 0.462. The lowest BCUT2D eigenvalue weighted by Crippen LogP contribution is -2.50. The second-order valence-electron chi connectivity index (χ2n) is 7.98. The topological polar surface area (TPSA) is 59.1 Å². The first-order chi connectivity index (χ1) is 15.7. The molecule has 32 heavy (non-hydrogen) atoms. The van der Waals surface area contributed by atoms with Crippen LogP contribution in [-0.4, -0.2) is 61.0 Å². The van der Waals surface area contributed by atoms with Gasteiger partial charge in [0.15, 0.2) is 0 Å². The van der Waals surface area contributed by atoms with Gasteiger partial charge in [0.25, 0.3) is 11.8 Å². The van der Waals surface area contributed by atoms with E-state index in [1.165, 1.54) is 0 Å². The zero-order chi connectivity index (χ0) is 22.8. The zero-order valence-corrected chi connectivity index (χ0v) is 19.2. The smallest absolute Gasteiger partial charge is 0.257 e. The third kappa shape index (κ3) is 6.02. The van der Waals surface area contributed by atoms with Crippen molar-refractivity contribution < 1.29 is 19.1 Å². The first kappa shape index (κ1) is 23.6. The average Bonchev–Trinajstić information content (AvgIpc) is 2.84. The van der Waals surface area contributed by atoms with E-state index in [0.717, 1.165) is 25.7 Å². The normalized spacial score (nSPS) is 13.7. The SMILES string of the molecule is CCCCOc1ccccc1C(=O)N1CCN(C(=O)c2ccccc2OCCCC)CC1. The van der Waals surface area contributed by atoms with Gasteiger partial charge in [0, 0.05) is 26.2 Å². The summed E-state index contributed by atoms with van der Waals surface area (Å²) in [5, 5.41) is 0. The Bertz CT molecular complexity index is 817. The van der Waals surface area contributed by atoms with E-state index in [0.29, 0.717) is 62.0 Å². The Kier molecular flexibility index (Phi) is 8.96. The summed E-state index contributed by atoms with van der Waals surface area (Å²) < 4.78 is 11.7. The molecule has 0 bridgehead atoms. The summed E-state index contributed by atoms with van der Waals surface area (Å²) in [4.78, 5) is 29.8. The van der Waals surface area contributed by atoms with Gasteiger partial charge >= 0.3 is 0 Å². The van der Waals surface area contributed by atoms with Gasteiger partial charge in [-0.15, -0.1) is 0 Å². The Labute approximate surface area is 191 Å². The molecule has 0 saturated carbocycles. The van der Waals surface area contributed by atoms with Crippen molar-refractivity contribution >= 4 is 11.8 Å². The van der Waals surface area contributed by atoms with Crippen molar-refractivity contribution in [3.63, 3.8) is 0 Å². The molecule has 6 nitrogen and oxygen atoms in total. The Morgan fingerprint density at radius 3 is 1.44 bits per heavy atom. The molecule has 0 unspecified atom stereocenters. The molecule has 1 fully saturated rings. The maximum Gasteiger partial charge on any atom is 0.257 e. The fourth-order valence-corrected chi connectivity index (χ4v) is 3.64. The quantitative estimate of drug-likeness (QED) is 0.507. The lowest BCUT2D eigenvalue weighted by Gasteiger charge is -2.35. The van der Waals surface area contributed by atoms with Gasteiger partial charge in [0.05, 0.1) is 24.3 Å². The minimum atomic E-state index is -0.0486. The number of para-hydroxylation sites is 2. The summed E-state index contributed by atoms with van der Waals surface area (Å²) in [6.07, 6.45) is 3.98. The maximum atomic E-state index is 13.1. The van der Waals surface area contributed by atoms with Crippen LogP contribution < -0.4 is 9.47 Å². The summed E-state index contributed by atoms with van der Waals surface area (Å²) >= 11 is 0. The molecular formula is C26H34N2O4.